The maximum absolute atomic E-state index is 13.3. The molecule has 1 fully saturated rings. The Kier molecular flexibility index (Phi) is 6.64. The molecule has 0 aromatic heterocycles. The largest absolute Gasteiger partial charge is 0.502 e. The number of esters is 1. The number of hydrogen-bond donors (Lipinski definition) is 2. The van der Waals surface area contributed by atoms with Crippen LogP contribution in [-0.4, -0.2) is 46.1 Å². The van der Waals surface area contributed by atoms with E-state index in [2.05, 4.69) is 11.4 Å². The first-order valence-electron chi connectivity index (χ1n) is 12.1. The Morgan fingerprint density at radius 3 is 2.03 bits per heavy atom. The number of hydrogen-bond acceptors (Lipinski definition) is 9. The summed E-state index contributed by atoms with van der Waals surface area (Å²) in [7, 11) is 6.07. The van der Waals surface area contributed by atoms with Gasteiger partial charge in [-0.05, 0) is 65.2 Å². The second-order valence-corrected chi connectivity index (χ2v) is 9.22. The Balaban J connectivity index is 1.72. The van der Waals surface area contributed by atoms with Crippen molar-refractivity contribution in [3.63, 3.8) is 0 Å². The number of ether oxygens (including phenoxy) is 5. The van der Waals surface area contributed by atoms with Gasteiger partial charge in [0, 0.05) is 17.5 Å². The molecule has 9 heteroatoms. The third-order valence-electron chi connectivity index (χ3n) is 7.40. The molecule has 0 saturated carbocycles. The number of rotatable bonds is 7. The van der Waals surface area contributed by atoms with Crippen molar-refractivity contribution in [2.24, 2.45) is 11.8 Å². The van der Waals surface area contributed by atoms with E-state index in [0.717, 1.165) is 22.4 Å². The standard InChI is InChI=1S/C29H28N2O7/c1-34-21-11-18-19(12-22(21)35-2)27(31-17-7-5-15(13-30)6-8-17)20-14-38-29(33)26(20)25(18)16-9-23(36-3)28(32)24(10-16)37-4/h5-12,20,25-27,31-32H,14H2,1-4H3/t20-,25-,26-,27-/m0/s1. The third kappa shape index (κ3) is 4.08. The maximum Gasteiger partial charge on any atom is 0.310 e. The molecule has 1 aliphatic carbocycles. The molecule has 1 saturated heterocycles. The first kappa shape index (κ1) is 25.1. The SMILES string of the molecule is COc1cc2c(cc1OC)[C@H](Nc1ccc(C#N)cc1)[C@H]1COC(=O)[C@@H]1[C@H]2c1cc(OC)c(O)c(OC)c1. The lowest BCUT2D eigenvalue weighted by Crippen LogP contribution is -2.37. The van der Waals surface area contributed by atoms with Crippen molar-refractivity contribution in [1.82, 2.24) is 0 Å². The predicted octanol–water partition coefficient (Wildman–Crippen LogP) is 4.39. The van der Waals surface area contributed by atoms with Crippen molar-refractivity contribution in [2.45, 2.75) is 12.0 Å². The van der Waals surface area contributed by atoms with Gasteiger partial charge in [-0.1, -0.05) is 0 Å². The van der Waals surface area contributed by atoms with E-state index in [1.54, 1.807) is 38.5 Å². The van der Waals surface area contributed by atoms with Crippen molar-refractivity contribution in [3.05, 3.63) is 70.8 Å². The molecular formula is C29H28N2O7. The van der Waals surface area contributed by atoms with Crippen molar-refractivity contribution >= 4 is 11.7 Å². The molecule has 3 aromatic carbocycles. The Morgan fingerprint density at radius 1 is 0.895 bits per heavy atom. The zero-order chi connectivity index (χ0) is 27.0. The molecule has 196 valence electrons. The number of nitrogens with one attached hydrogen (secondary N) is 1. The highest BCUT2D eigenvalue weighted by molar-refractivity contribution is 5.79. The van der Waals surface area contributed by atoms with Crippen LogP contribution in [0.1, 0.15) is 34.2 Å². The van der Waals surface area contributed by atoms with Gasteiger partial charge in [0.05, 0.1) is 58.6 Å². The molecule has 4 atom stereocenters. The van der Waals surface area contributed by atoms with Crippen LogP contribution in [0.2, 0.25) is 0 Å². The van der Waals surface area contributed by atoms with Gasteiger partial charge in [-0.15, -0.1) is 0 Å². The minimum absolute atomic E-state index is 0.118. The van der Waals surface area contributed by atoms with Gasteiger partial charge >= 0.3 is 5.97 Å². The van der Waals surface area contributed by atoms with Crippen LogP contribution < -0.4 is 24.3 Å². The molecule has 0 amide bonds. The highest BCUT2D eigenvalue weighted by Crippen LogP contribution is 2.55. The van der Waals surface area contributed by atoms with E-state index < -0.39 is 11.8 Å². The lowest BCUT2D eigenvalue weighted by Gasteiger charge is -2.40. The van der Waals surface area contributed by atoms with Crippen LogP contribution in [0.5, 0.6) is 28.7 Å². The van der Waals surface area contributed by atoms with E-state index in [1.165, 1.54) is 14.2 Å². The summed E-state index contributed by atoms with van der Waals surface area (Å²) in [5.41, 5.74) is 3.86. The van der Waals surface area contributed by atoms with Crippen molar-refractivity contribution in [1.29, 1.82) is 5.26 Å². The van der Waals surface area contributed by atoms with Crippen LogP contribution in [0.25, 0.3) is 0 Å². The van der Waals surface area contributed by atoms with Crippen LogP contribution in [-0.2, 0) is 9.53 Å². The number of fused-ring (bicyclic) bond motifs is 2. The van der Waals surface area contributed by atoms with E-state index in [4.69, 9.17) is 23.7 Å². The van der Waals surface area contributed by atoms with Gasteiger partial charge in [-0.3, -0.25) is 4.79 Å². The number of aromatic hydroxyl groups is 1. The lowest BCUT2D eigenvalue weighted by molar-refractivity contribution is -0.141. The average molecular weight is 517 g/mol. The molecule has 3 aromatic rings. The molecule has 9 nitrogen and oxygen atoms in total. The van der Waals surface area contributed by atoms with E-state index in [1.807, 2.05) is 24.3 Å². The van der Waals surface area contributed by atoms with Gasteiger partial charge in [0.25, 0.3) is 0 Å². The summed E-state index contributed by atoms with van der Waals surface area (Å²) in [6.07, 6.45) is 0. The van der Waals surface area contributed by atoms with Crippen LogP contribution >= 0.6 is 0 Å². The molecule has 2 aliphatic rings. The molecule has 0 bridgehead atoms. The van der Waals surface area contributed by atoms with Gasteiger partial charge in [-0.2, -0.15) is 5.26 Å². The number of nitrogens with zero attached hydrogens (tertiary/aromatic N) is 1. The van der Waals surface area contributed by atoms with Gasteiger partial charge < -0.3 is 34.1 Å². The summed E-state index contributed by atoms with van der Waals surface area (Å²) in [6, 6.07) is 16.3. The molecule has 0 spiro atoms. The minimum atomic E-state index is -0.532. The fourth-order valence-electron chi connectivity index (χ4n) is 5.60. The van der Waals surface area contributed by atoms with Crippen LogP contribution in [0, 0.1) is 23.2 Å². The van der Waals surface area contributed by atoms with Crippen LogP contribution in [0.15, 0.2) is 48.5 Å². The molecule has 5 rings (SSSR count). The smallest absolute Gasteiger partial charge is 0.310 e. The fraction of sp³-hybridized carbons (Fsp3) is 0.310. The number of carbonyl (C=O) groups excluding carboxylic acids is 1. The average Bonchev–Trinajstić information content (AvgIpc) is 3.33. The fourth-order valence-corrected chi connectivity index (χ4v) is 5.60. The number of benzene rings is 3. The molecule has 1 aliphatic heterocycles. The quantitative estimate of drug-likeness (QED) is 0.441. The number of nitriles is 1. The van der Waals surface area contributed by atoms with Gasteiger partial charge in [0.1, 0.15) is 0 Å². The van der Waals surface area contributed by atoms with Crippen molar-refractivity contribution < 1.29 is 33.6 Å². The zero-order valence-electron chi connectivity index (χ0n) is 21.5. The van der Waals surface area contributed by atoms with Crippen LogP contribution in [0.4, 0.5) is 5.69 Å². The monoisotopic (exact) mass is 516 g/mol. The molecule has 1 heterocycles. The summed E-state index contributed by atoms with van der Waals surface area (Å²) in [5.74, 6) is -0.0606. The summed E-state index contributed by atoms with van der Waals surface area (Å²) in [4.78, 5) is 13.3. The van der Waals surface area contributed by atoms with E-state index in [-0.39, 0.29) is 41.8 Å². The van der Waals surface area contributed by atoms with Crippen LogP contribution in [0.3, 0.4) is 0 Å². The minimum Gasteiger partial charge on any atom is -0.502 e. The third-order valence-corrected chi connectivity index (χ3v) is 7.40. The Hall–Kier alpha value is -4.58. The number of carbonyl (C=O) groups is 1. The first-order chi connectivity index (χ1) is 18.4. The highest BCUT2D eigenvalue weighted by atomic mass is 16.5. The summed E-state index contributed by atoms with van der Waals surface area (Å²) >= 11 is 0. The summed E-state index contributed by atoms with van der Waals surface area (Å²) in [6.45, 7) is 0.230. The zero-order valence-corrected chi connectivity index (χ0v) is 21.5. The number of anilines is 1. The van der Waals surface area contributed by atoms with Crippen molar-refractivity contribution in [3.8, 4) is 34.8 Å². The van der Waals surface area contributed by atoms with E-state index >= 15 is 0 Å². The normalized spacial score (nSPS) is 21.4. The Morgan fingerprint density at radius 2 is 1.47 bits per heavy atom. The molecule has 0 unspecified atom stereocenters. The summed E-state index contributed by atoms with van der Waals surface area (Å²) < 4.78 is 27.7. The second-order valence-electron chi connectivity index (χ2n) is 9.22. The molecule has 2 N–H and O–H groups in total. The molecular weight excluding hydrogens is 488 g/mol. The Labute approximate surface area is 220 Å². The summed E-state index contributed by atoms with van der Waals surface area (Å²) in [5, 5.41) is 23.3. The maximum atomic E-state index is 13.3. The number of phenols is 1. The Bertz CT molecular complexity index is 1390. The van der Waals surface area contributed by atoms with Gasteiger partial charge in [0.2, 0.25) is 5.75 Å². The van der Waals surface area contributed by atoms with Crippen molar-refractivity contribution in [2.75, 3.05) is 40.4 Å². The highest BCUT2D eigenvalue weighted by Gasteiger charge is 2.52. The lowest BCUT2D eigenvalue weighted by atomic mass is 9.65. The van der Waals surface area contributed by atoms with Gasteiger partial charge in [-0.25, -0.2) is 0 Å². The predicted molar refractivity (Wildman–Crippen MR) is 138 cm³/mol. The molecule has 38 heavy (non-hydrogen) atoms. The van der Waals surface area contributed by atoms with E-state index in [0.29, 0.717) is 17.1 Å². The number of methoxy groups -OCH3 is 4. The van der Waals surface area contributed by atoms with E-state index in [9.17, 15) is 15.2 Å². The first-order valence-corrected chi connectivity index (χ1v) is 12.1. The topological polar surface area (TPSA) is 119 Å². The second kappa shape index (κ2) is 10.1. The molecule has 0 radical (unpaired) electrons. The number of cyclic esters (lactones) is 1. The van der Waals surface area contributed by atoms with Gasteiger partial charge in [0.15, 0.2) is 23.0 Å². The number of phenolic OH excluding ortho intramolecular Hbond substituents is 1.